The molecule has 9 heteroatoms. The van der Waals surface area contributed by atoms with Gasteiger partial charge in [-0.05, 0) is 23.8 Å². The van der Waals surface area contributed by atoms with Gasteiger partial charge in [0.1, 0.15) is 18.3 Å². The van der Waals surface area contributed by atoms with Gasteiger partial charge in [0, 0.05) is 0 Å². The maximum Gasteiger partial charge on any atom is 0.206 e. The van der Waals surface area contributed by atoms with Crippen LogP contribution in [0, 0.1) is 0 Å². The Morgan fingerprint density at radius 1 is 1.21 bits per heavy atom. The average Bonchev–Trinajstić information content (AvgIpc) is 2.56. The summed E-state index contributed by atoms with van der Waals surface area (Å²) in [5.74, 6) is -1.95. The minimum atomic E-state index is -2.83. The van der Waals surface area contributed by atoms with E-state index in [2.05, 4.69) is 0 Å². The first kappa shape index (κ1) is 18.3. The van der Waals surface area contributed by atoms with E-state index in [1.54, 1.807) is 0 Å². The molecular weight excluding hydrogens is 324 g/mol. The van der Waals surface area contributed by atoms with E-state index in [-0.39, 0.29) is 11.3 Å². The zero-order valence-corrected chi connectivity index (χ0v) is 12.4. The van der Waals surface area contributed by atoms with Crippen molar-refractivity contribution >= 4 is 11.9 Å². The molecule has 1 aromatic rings. The second-order valence-corrected chi connectivity index (χ2v) is 5.42. The van der Waals surface area contributed by atoms with Crippen LogP contribution in [0.15, 0.2) is 24.3 Å². The number of hydrogen-bond donors (Lipinski definition) is 7. The van der Waals surface area contributed by atoms with Gasteiger partial charge in [-0.25, -0.2) is 0 Å². The monoisotopic (exact) mass is 342 g/mol. The van der Waals surface area contributed by atoms with Crippen LogP contribution in [0.4, 0.5) is 0 Å². The van der Waals surface area contributed by atoms with Crippen LogP contribution in [0.5, 0.6) is 11.5 Å². The van der Waals surface area contributed by atoms with Gasteiger partial charge in [-0.2, -0.15) is 0 Å². The molecule has 2 rings (SSSR count). The number of aliphatic hydroxyl groups excluding tert-OH is 4. The number of hydrogen-bond acceptors (Lipinski definition) is 9. The van der Waals surface area contributed by atoms with Crippen LogP contribution in [0.1, 0.15) is 5.56 Å². The predicted octanol–water partition coefficient (Wildman–Crippen LogP) is -2.16. The number of phenols is 2. The van der Waals surface area contributed by atoms with Gasteiger partial charge >= 0.3 is 0 Å². The molecule has 0 bridgehead atoms. The molecule has 1 aliphatic heterocycles. The summed E-state index contributed by atoms with van der Waals surface area (Å²) in [6.07, 6.45) is -5.45. The molecule has 0 aromatic heterocycles. The highest BCUT2D eigenvalue weighted by atomic mass is 16.6. The van der Waals surface area contributed by atoms with Gasteiger partial charge in [-0.1, -0.05) is 12.1 Å². The molecule has 7 N–H and O–H groups in total. The maximum absolute atomic E-state index is 12.2. The van der Waals surface area contributed by atoms with E-state index in [4.69, 9.17) is 9.84 Å². The van der Waals surface area contributed by atoms with Crippen LogP contribution >= 0.6 is 0 Å². The van der Waals surface area contributed by atoms with Crippen LogP contribution in [0.2, 0.25) is 0 Å². The van der Waals surface area contributed by atoms with Gasteiger partial charge in [0.15, 0.2) is 23.6 Å². The second kappa shape index (κ2) is 6.85. The summed E-state index contributed by atoms with van der Waals surface area (Å²) in [5.41, 5.74) is -2.54. The lowest BCUT2D eigenvalue weighted by Crippen LogP contribution is -2.69. The lowest BCUT2D eigenvalue weighted by molar-refractivity contribution is -0.315. The molecule has 0 saturated carbocycles. The van der Waals surface area contributed by atoms with E-state index >= 15 is 0 Å². The molecule has 5 atom stereocenters. The Morgan fingerprint density at radius 3 is 2.46 bits per heavy atom. The van der Waals surface area contributed by atoms with Crippen molar-refractivity contribution in [1.29, 1.82) is 0 Å². The number of carbonyl (C=O) groups excluding carboxylic acids is 1. The molecular formula is C15H18O9. The fourth-order valence-electron chi connectivity index (χ4n) is 2.33. The zero-order valence-electron chi connectivity index (χ0n) is 12.4. The zero-order chi connectivity index (χ0) is 18.1. The third kappa shape index (κ3) is 3.13. The van der Waals surface area contributed by atoms with Gasteiger partial charge in [-0.3, -0.25) is 4.79 Å². The third-order valence-corrected chi connectivity index (χ3v) is 3.84. The summed E-state index contributed by atoms with van der Waals surface area (Å²) in [6, 6.07) is 3.69. The fraction of sp³-hybridized carbons (Fsp3) is 0.400. The van der Waals surface area contributed by atoms with Crippen molar-refractivity contribution in [3.05, 3.63) is 29.8 Å². The number of benzene rings is 1. The third-order valence-electron chi connectivity index (χ3n) is 3.84. The van der Waals surface area contributed by atoms with Crippen LogP contribution in [-0.2, 0) is 9.53 Å². The highest BCUT2D eigenvalue weighted by molar-refractivity contribution is 6.01. The topological polar surface area (TPSA) is 168 Å². The summed E-state index contributed by atoms with van der Waals surface area (Å²) in [7, 11) is 0. The number of carbonyl (C=O) groups is 1. The maximum atomic E-state index is 12.2. The van der Waals surface area contributed by atoms with Crippen molar-refractivity contribution in [2.75, 3.05) is 6.61 Å². The quantitative estimate of drug-likeness (QED) is 0.238. The van der Waals surface area contributed by atoms with Crippen molar-refractivity contribution in [2.24, 2.45) is 0 Å². The molecule has 0 aliphatic carbocycles. The van der Waals surface area contributed by atoms with Crippen molar-refractivity contribution in [3.8, 4) is 11.5 Å². The molecule has 1 heterocycles. The molecule has 0 radical (unpaired) electrons. The lowest BCUT2D eigenvalue weighted by atomic mass is 9.83. The van der Waals surface area contributed by atoms with E-state index in [1.807, 2.05) is 0 Å². The van der Waals surface area contributed by atoms with Gasteiger partial charge in [0.05, 0.1) is 6.61 Å². The van der Waals surface area contributed by atoms with Gasteiger partial charge < -0.3 is 40.5 Å². The molecule has 0 spiro atoms. The molecule has 0 amide bonds. The largest absolute Gasteiger partial charge is 0.504 e. The van der Waals surface area contributed by atoms with E-state index in [0.717, 1.165) is 18.2 Å². The van der Waals surface area contributed by atoms with E-state index in [0.29, 0.717) is 0 Å². The average molecular weight is 342 g/mol. The van der Waals surface area contributed by atoms with E-state index in [9.17, 15) is 35.4 Å². The van der Waals surface area contributed by atoms with E-state index < -0.39 is 48.3 Å². The van der Waals surface area contributed by atoms with Crippen LogP contribution in [0.3, 0.4) is 0 Å². The Kier molecular flexibility index (Phi) is 5.23. The molecule has 24 heavy (non-hydrogen) atoms. The summed E-state index contributed by atoms with van der Waals surface area (Å²) < 4.78 is 4.76. The lowest BCUT2D eigenvalue weighted by Gasteiger charge is -2.44. The van der Waals surface area contributed by atoms with Crippen LogP contribution < -0.4 is 0 Å². The van der Waals surface area contributed by atoms with Gasteiger partial charge in [0.25, 0.3) is 0 Å². The SMILES string of the molecule is O=C(C=Cc1ccc(O)c(O)c1)[C@]1(O)C(O)O[C@H](CO)[C@@H](O)[C@@H]1O. The van der Waals surface area contributed by atoms with Crippen LogP contribution in [-0.4, -0.2) is 78.3 Å². The Bertz CT molecular complexity index is 644. The number of ether oxygens (including phenoxy) is 1. The normalized spacial score (nSPS) is 33.7. The number of ketones is 1. The van der Waals surface area contributed by atoms with Crippen molar-refractivity contribution < 1.29 is 45.3 Å². The molecule has 9 nitrogen and oxygen atoms in total. The molecule has 1 aromatic carbocycles. The molecule has 1 unspecified atom stereocenters. The first-order valence-electron chi connectivity index (χ1n) is 6.99. The molecule has 1 aliphatic rings. The summed E-state index contributed by atoms with van der Waals surface area (Å²) in [6.45, 7) is -0.734. The minimum absolute atomic E-state index is 0.289. The number of aliphatic hydroxyl groups is 5. The summed E-state index contributed by atoms with van der Waals surface area (Å²) >= 11 is 0. The Balaban J connectivity index is 2.23. The van der Waals surface area contributed by atoms with Crippen molar-refractivity contribution in [3.63, 3.8) is 0 Å². The van der Waals surface area contributed by atoms with Crippen LogP contribution in [0.25, 0.3) is 6.08 Å². The Morgan fingerprint density at radius 2 is 1.88 bits per heavy atom. The summed E-state index contributed by atoms with van der Waals surface area (Å²) in [5, 5.41) is 67.3. The first-order chi connectivity index (χ1) is 11.2. The Labute approximate surface area is 136 Å². The highest BCUT2D eigenvalue weighted by Gasteiger charge is 2.58. The Hall–Kier alpha value is -2.01. The van der Waals surface area contributed by atoms with Crippen molar-refractivity contribution in [1.82, 2.24) is 0 Å². The highest BCUT2D eigenvalue weighted by Crippen LogP contribution is 2.31. The standard InChI is InChI=1S/C15H18O9/c16-6-10-12(20)13(21)15(23,14(22)24-10)11(19)4-2-7-1-3-8(17)9(18)5-7/h1-5,10,12-14,16-18,20-23H,6H2/t10-,12-,13+,14?,15-/m1/s1. The van der Waals surface area contributed by atoms with Gasteiger partial charge in [0.2, 0.25) is 5.60 Å². The van der Waals surface area contributed by atoms with Gasteiger partial charge in [-0.15, -0.1) is 0 Å². The number of aromatic hydroxyl groups is 2. The molecule has 1 saturated heterocycles. The van der Waals surface area contributed by atoms with E-state index in [1.165, 1.54) is 12.1 Å². The second-order valence-electron chi connectivity index (χ2n) is 5.42. The fourth-order valence-corrected chi connectivity index (χ4v) is 2.33. The molecule has 1 fully saturated rings. The number of rotatable bonds is 4. The van der Waals surface area contributed by atoms with Crippen molar-refractivity contribution in [2.45, 2.75) is 30.2 Å². The smallest absolute Gasteiger partial charge is 0.206 e. The first-order valence-corrected chi connectivity index (χ1v) is 6.99. The predicted molar refractivity (Wildman–Crippen MR) is 78.7 cm³/mol. The minimum Gasteiger partial charge on any atom is -0.504 e. The number of phenolic OH excluding ortho intramolecular Hbond substituents is 2. The molecule has 132 valence electrons. The summed E-state index contributed by atoms with van der Waals surface area (Å²) in [4.78, 5) is 12.2.